The van der Waals surface area contributed by atoms with Crippen molar-refractivity contribution in [1.82, 2.24) is 19.9 Å². The minimum atomic E-state index is 0.902. The third kappa shape index (κ3) is 5.51. The number of allylic oxidation sites excluding steroid dienone is 3. The van der Waals surface area contributed by atoms with E-state index in [9.17, 15) is 0 Å². The van der Waals surface area contributed by atoms with Gasteiger partial charge in [-0.1, -0.05) is 127 Å². The van der Waals surface area contributed by atoms with Crippen LogP contribution in [0.25, 0.3) is 90.4 Å². The first-order chi connectivity index (χ1) is 25.7. The monoisotopic (exact) mass is 668 g/mol. The van der Waals surface area contributed by atoms with Crippen LogP contribution in [-0.2, 0) is 0 Å². The average Bonchev–Trinajstić information content (AvgIpc) is 4.03. The van der Waals surface area contributed by atoms with Crippen molar-refractivity contribution in [2.75, 3.05) is 0 Å². The number of hydrogen-bond acceptors (Lipinski definition) is 2. The molecule has 8 bridgehead atoms. The zero-order chi connectivity index (χ0) is 35.0. The van der Waals surface area contributed by atoms with Gasteiger partial charge in [0.2, 0.25) is 0 Å². The summed E-state index contributed by atoms with van der Waals surface area (Å²) in [4.78, 5) is 18.7. The second-order valence-electron chi connectivity index (χ2n) is 13.1. The highest BCUT2D eigenvalue weighted by Gasteiger charge is 2.23. The Morgan fingerprint density at radius 1 is 0.442 bits per heavy atom. The fourth-order valence-electron chi connectivity index (χ4n) is 7.37. The highest BCUT2D eigenvalue weighted by atomic mass is 14.8. The van der Waals surface area contributed by atoms with E-state index >= 15 is 0 Å². The summed E-state index contributed by atoms with van der Waals surface area (Å²) >= 11 is 0. The minimum Gasteiger partial charge on any atom is -0.354 e. The Kier molecular flexibility index (Phi) is 7.90. The van der Waals surface area contributed by atoms with Gasteiger partial charge in [0.15, 0.2) is 0 Å². The van der Waals surface area contributed by atoms with Crippen molar-refractivity contribution < 1.29 is 0 Å². The van der Waals surface area contributed by atoms with Gasteiger partial charge in [-0.25, -0.2) is 9.97 Å². The molecule has 4 heteroatoms. The Morgan fingerprint density at radius 2 is 0.808 bits per heavy atom. The standard InChI is InChI=1S/C48H36N4/c1-3-31(2)36-30-43-46(34-20-12-6-13-21-34)41-27-26-39(50-41)44(32-16-8-4-9-17-32)37-24-25-38(49-37)45(33-18-10-5-11-19-33)40-28-29-42(51-40)47(48(36)52-43)35-22-14-7-15-23-35/h3-30,50-51H,1-2H3/b31-3+,44-37?,44-39?,45-38?,45-40?,46-41?,46-43?,47-42?,48-47?. The van der Waals surface area contributed by atoms with E-state index in [1.807, 2.05) is 0 Å². The third-order valence-electron chi connectivity index (χ3n) is 9.97. The topological polar surface area (TPSA) is 57.4 Å². The number of H-pyrrole nitrogens is 2. The molecular weight excluding hydrogens is 633 g/mol. The van der Waals surface area contributed by atoms with Gasteiger partial charge in [-0.3, -0.25) is 0 Å². The summed E-state index contributed by atoms with van der Waals surface area (Å²) in [5, 5.41) is 0. The van der Waals surface area contributed by atoms with Crippen molar-refractivity contribution in [3.63, 3.8) is 0 Å². The van der Waals surface area contributed by atoms with Crippen LogP contribution in [0, 0.1) is 0 Å². The van der Waals surface area contributed by atoms with Gasteiger partial charge >= 0.3 is 0 Å². The summed E-state index contributed by atoms with van der Waals surface area (Å²) in [6.45, 7) is 4.27. The van der Waals surface area contributed by atoms with E-state index in [2.05, 4.69) is 194 Å². The maximum atomic E-state index is 5.58. The smallest absolute Gasteiger partial charge is 0.0812 e. The van der Waals surface area contributed by atoms with Crippen LogP contribution in [0.2, 0.25) is 0 Å². The molecule has 7 aromatic rings. The van der Waals surface area contributed by atoms with Gasteiger partial charge < -0.3 is 9.97 Å². The van der Waals surface area contributed by atoms with E-state index in [0.717, 1.165) is 100 Å². The highest BCUT2D eigenvalue weighted by molar-refractivity contribution is 6.04. The molecule has 52 heavy (non-hydrogen) atoms. The molecule has 0 amide bonds. The lowest BCUT2D eigenvalue weighted by Crippen LogP contribution is -1.92. The van der Waals surface area contributed by atoms with E-state index in [0.29, 0.717) is 0 Å². The largest absolute Gasteiger partial charge is 0.354 e. The average molecular weight is 669 g/mol. The maximum absolute atomic E-state index is 5.58. The number of benzene rings is 4. The maximum Gasteiger partial charge on any atom is 0.0812 e. The van der Waals surface area contributed by atoms with Crippen molar-refractivity contribution >= 4 is 45.9 Å². The molecule has 0 saturated heterocycles. The molecule has 3 aromatic heterocycles. The molecule has 2 aliphatic rings. The predicted molar refractivity (Wildman–Crippen MR) is 219 cm³/mol. The van der Waals surface area contributed by atoms with Gasteiger partial charge in [0.1, 0.15) is 0 Å². The molecule has 0 saturated carbocycles. The number of aromatic nitrogens is 4. The summed E-state index contributed by atoms with van der Waals surface area (Å²) in [6, 6.07) is 50.9. The zero-order valence-electron chi connectivity index (χ0n) is 29.1. The van der Waals surface area contributed by atoms with E-state index < -0.39 is 0 Å². The number of aromatic amines is 2. The lowest BCUT2D eigenvalue weighted by atomic mass is 9.96. The Bertz CT molecular complexity index is 2710. The van der Waals surface area contributed by atoms with Crippen LogP contribution >= 0.6 is 0 Å². The van der Waals surface area contributed by atoms with Crippen LogP contribution in [-0.4, -0.2) is 19.9 Å². The van der Waals surface area contributed by atoms with Crippen LogP contribution in [0.3, 0.4) is 0 Å². The number of hydrogen-bond donors (Lipinski definition) is 2. The van der Waals surface area contributed by atoms with Gasteiger partial charge in [0.05, 0.1) is 22.8 Å². The summed E-state index contributed by atoms with van der Waals surface area (Å²) in [5.74, 6) is 0. The third-order valence-corrected chi connectivity index (χ3v) is 9.97. The number of fused-ring (bicyclic) bond motifs is 8. The molecule has 0 unspecified atom stereocenters. The van der Waals surface area contributed by atoms with E-state index in [1.165, 1.54) is 0 Å². The van der Waals surface area contributed by atoms with Gasteiger partial charge in [0.25, 0.3) is 0 Å². The Hall–Kier alpha value is -6.78. The number of nitrogens with zero attached hydrogens (tertiary/aromatic N) is 2. The molecule has 0 fully saturated rings. The molecule has 2 aliphatic heterocycles. The lowest BCUT2D eigenvalue weighted by molar-refractivity contribution is 1.30. The number of rotatable bonds is 5. The highest BCUT2D eigenvalue weighted by Crippen LogP contribution is 2.41. The summed E-state index contributed by atoms with van der Waals surface area (Å²) < 4.78 is 0. The van der Waals surface area contributed by atoms with E-state index in [-0.39, 0.29) is 0 Å². The Balaban J connectivity index is 1.52. The summed E-state index contributed by atoms with van der Waals surface area (Å²) in [7, 11) is 0. The molecule has 4 aromatic carbocycles. The number of nitrogens with one attached hydrogen (secondary N) is 2. The molecule has 9 rings (SSSR count). The van der Waals surface area contributed by atoms with Gasteiger partial charge in [-0.05, 0) is 84.2 Å². The van der Waals surface area contributed by atoms with Crippen LogP contribution in [0.4, 0.5) is 0 Å². The quantitative estimate of drug-likeness (QED) is 0.192. The first-order valence-electron chi connectivity index (χ1n) is 17.7. The molecule has 0 aliphatic carbocycles. The summed E-state index contributed by atoms with van der Waals surface area (Å²) in [6.07, 6.45) is 8.71. The fraction of sp³-hybridized carbons (Fsp3) is 0.0417. The first kappa shape index (κ1) is 31.2. The fourth-order valence-corrected chi connectivity index (χ4v) is 7.37. The molecule has 0 radical (unpaired) electrons. The normalized spacial score (nSPS) is 12.6. The van der Waals surface area contributed by atoms with Crippen LogP contribution < -0.4 is 0 Å². The SMILES string of the molecule is C/C=C(\C)C1=Cc2nc1c(-c1ccccc1)c1ccc([nH]1)c(-c1ccccc1)c1nc(c(-c3ccccc3)c3ccc([nH]3)c2-c2ccccc2)C=C1. The van der Waals surface area contributed by atoms with Crippen molar-refractivity contribution in [1.29, 1.82) is 0 Å². The van der Waals surface area contributed by atoms with Crippen LogP contribution in [0.5, 0.6) is 0 Å². The van der Waals surface area contributed by atoms with Gasteiger partial charge in [-0.15, -0.1) is 0 Å². The summed E-state index contributed by atoms with van der Waals surface area (Å²) in [5.41, 5.74) is 18.4. The van der Waals surface area contributed by atoms with Crippen molar-refractivity contribution in [3.05, 3.63) is 180 Å². The molecular formula is C48H36N4. The van der Waals surface area contributed by atoms with Crippen molar-refractivity contribution in [2.24, 2.45) is 0 Å². The van der Waals surface area contributed by atoms with E-state index in [1.54, 1.807) is 0 Å². The molecule has 0 atom stereocenters. The van der Waals surface area contributed by atoms with Crippen LogP contribution in [0.15, 0.2) is 157 Å². The molecule has 248 valence electrons. The lowest BCUT2D eigenvalue weighted by Gasteiger charge is -2.09. The molecule has 0 spiro atoms. The Labute approximate surface area is 303 Å². The zero-order valence-corrected chi connectivity index (χ0v) is 29.1. The van der Waals surface area contributed by atoms with Gasteiger partial charge in [0, 0.05) is 49.9 Å². The predicted octanol–water partition coefficient (Wildman–Crippen LogP) is 12.7. The van der Waals surface area contributed by atoms with E-state index in [4.69, 9.17) is 9.97 Å². The van der Waals surface area contributed by atoms with Crippen molar-refractivity contribution in [3.8, 4) is 44.5 Å². The van der Waals surface area contributed by atoms with Crippen LogP contribution in [0.1, 0.15) is 36.6 Å². The second kappa shape index (κ2) is 13.2. The van der Waals surface area contributed by atoms with Gasteiger partial charge in [-0.2, -0.15) is 0 Å². The minimum absolute atomic E-state index is 0.902. The Morgan fingerprint density at radius 3 is 1.21 bits per heavy atom. The van der Waals surface area contributed by atoms with Crippen molar-refractivity contribution in [2.45, 2.75) is 13.8 Å². The molecule has 2 N–H and O–H groups in total. The molecule has 5 heterocycles. The second-order valence-corrected chi connectivity index (χ2v) is 13.1. The first-order valence-corrected chi connectivity index (χ1v) is 17.7. The molecule has 4 nitrogen and oxygen atoms in total.